The molecule has 12 heavy (non-hydrogen) atoms. The Labute approximate surface area is 77.1 Å². The fourth-order valence-corrected chi connectivity index (χ4v) is 1.09. The molecule has 0 fully saturated rings. The van der Waals surface area contributed by atoms with E-state index in [-0.39, 0.29) is 0 Å². The summed E-state index contributed by atoms with van der Waals surface area (Å²) in [6.45, 7) is 8.78. The van der Waals surface area contributed by atoms with Gasteiger partial charge in [0.25, 0.3) is 0 Å². The summed E-state index contributed by atoms with van der Waals surface area (Å²) in [5, 5.41) is 0. The predicted molar refractivity (Wildman–Crippen MR) is 55.2 cm³/mol. The first kappa shape index (κ1) is 11.9. The van der Waals surface area contributed by atoms with Crippen LogP contribution in [0, 0.1) is 5.92 Å². The smallest absolute Gasteiger partial charge is 0.0191 e. The van der Waals surface area contributed by atoms with Crippen molar-refractivity contribution in [3.63, 3.8) is 0 Å². The van der Waals surface area contributed by atoms with Crippen molar-refractivity contribution in [1.29, 1.82) is 0 Å². The van der Waals surface area contributed by atoms with Crippen molar-refractivity contribution in [2.45, 2.75) is 39.7 Å². The second-order valence-electron chi connectivity index (χ2n) is 4.02. The standard InChI is InChI=1S/C10H24N2/c1-5-6-7-12(4)8-10(11)9(2)3/h9-10H,5-8,11H2,1-4H3/t10-/m1/s1. The lowest BCUT2D eigenvalue weighted by Crippen LogP contribution is -2.39. The van der Waals surface area contributed by atoms with Crippen LogP contribution in [0.3, 0.4) is 0 Å². The molecule has 0 aromatic rings. The number of likely N-dealkylation sites (N-methyl/N-ethyl adjacent to an activating group) is 1. The molecule has 0 saturated carbocycles. The highest BCUT2D eigenvalue weighted by Gasteiger charge is 2.09. The summed E-state index contributed by atoms with van der Waals surface area (Å²) in [7, 11) is 2.15. The van der Waals surface area contributed by atoms with Gasteiger partial charge in [0.1, 0.15) is 0 Å². The Kier molecular flexibility index (Phi) is 6.39. The van der Waals surface area contributed by atoms with E-state index in [0.717, 1.165) is 6.54 Å². The summed E-state index contributed by atoms with van der Waals surface area (Å²) in [6.07, 6.45) is 2.54. The minimum atomic E-state index is 0.326. The molecule has 0 aliphatic heterocycles. The van der Waals surface area contributed by atoms with Crippen LogP contribution >= 0.6 is 0 Å². The van der Waals surface area contributed by atoms with Crippen molar-refractivity contribution in [1.82, 2.24) is 4.90 Å². The zero-order valence-corrected chi connectivity index (χ0v) is 9.01. The first-order chi connectivity index (χ1) is 5.57. The van der Waals surface area contributed by atoms with Crippen LogP contribution in [0.5, 0.6) is 0 Å². The van der Waals surface area contributed by atoms with Crippen LogP contribution in [0.15, 0.2) is 0 Å². The van der Waals surface area contributed by atoms with Crippen LogP contribution in [0.4, 0.5) is 0 Å². The molecule has 0 aliphatic rings. The Bertz CT molecular complexity index is 102. The van der Waals surface area contributed by atoms with Crippen LogP contribution in [-0.2, 0) is 0 Å². The maximum atomic E-state index is 5.95. The average Bonchev–Trinajstić information content (AvgIpc) is 2.00. The van der Waals surface area contributed by atoms with Crippen molar-refractivity contribution in [2.75, 3.05) is 20.1 Å². The van der Waals surface area contributed by atoms with Gasteiger partial charge in [0.15, 0.2) is 0 Å². The largest absolute Gasteiger partial charge is 0.326 e. The van der Waals surface area contributed by atoms with Gasteiger partial charge in [-0.05, 0) is 25.9 Å². The molecule has 0 saturated heterocycles. The van der Waals surface area contributed by atoms with E-state index in [1.807, 2.05) is 0 Å². The molecule has 0 rings (SSSR count). The fourth-order valence-electron chi connectivity index (χ4n) is 1.09. The first-order valence-electron chi connectivity index (χ1n) is 5.02. The number of unbranched alkanes of at least 4 members (excludes halogenated alkanes) is 1. The molecule has 0 bridgehead atoms. The summed E-state index contributed by atoms with van der Waals surface area (Å²) < 4.78 is 0. The summed E-state index contributed by atoms with van der Waals surface area (Å²) in [4.78, 5) is 2.33. The van der Waals surface area contributed by atoms with E-state index in [0.29, 0.717) is 12.0 Å². The van der Waals surface area contributed by atoms with E-state index in [9.17, 15) is 0 Å². The first-order valence-corrected chi connectivity index (χ1v) is 5.02. The van der Waals surface area contributed by atoms with Gasteiger partial charge in [0, 0.05) is 12.6 Å². The van der Waals surface area contributed by atoms with Gasteiger partial charge >= 0.3 is 0 Å². The Balaban J connectivity index is 3.47. The third-order valence-electron chi connectivity index (χ3n) is 2.27. The van der Waals surface area contributed by atoms with Crippen LogP contribution in [0.25, 0.3) is 0 Å². The molecule has 0 spiro atoms. The predicted octanol–water partition coefficient (Wildman–Crippen LogP) is 1.70. The molecule has 2 heteroatoms. The SMILES string of the molecule is CCCCN(C)C[C@@H](N)C(C)C. The molecule has 0 aliphatic carbocycles. The highest BCUT2D eigenvalue weighted by molar-refractivity contribution is 4.68. The van der Waals surface area contributed by atoms with Crippen molar-refractivity contribution >= 4 is 0 Å². The van der Waals surface area contributed by atoms with Gasteiger partial charge in [-0.2, -0.15) is 0 Å². The van der Waals surface area contributed by atoms with Gasteiger partial charge in [-0.25, -0.2) is 0 Å². The van der Waals surface area contributed by atoms with Crippen molar-refractivity contribution in [3.05, 3.63) is 0 Å². The summed E-state index contributed by atoms with van der Waals surface area (Å²) in [5.41, 5.74) is 5.95. The van der Waals surface area contributed by atoms with Gasteiger partial charge in [0.05, 0.1) is 0 Å². The van der Waals surface area contributed by atoms with Crippen LogP contribution in [0.2, 0.25) is 0 Å². The van der Waals surface area contributed by atoms with E-state index in [2.05, 4.69) is 32.7 Å². The van der Waals surface area contributed by atoms with Gasteiger partial charge in [0.2, 0.25) is 0 Å². The molecule has 0 heterocycles. The second kappa shape index (κ2) is 6.44. The number of hydrogen-bond acceptors (Lipinski definition) is 2. The maximum absolute atomic E-state index is 5.95. The number of rotatable bonds is 6. The molecular formula is C10H24N2. The van der Waals surface area contributed by atoms with Gasteiger partial charge in [-0.3, -0.25) is 0 Å². The minimum absolute atomic E-state index is 0.326. The van der Waals surface area contributed by atoms with E-state index in [1.165, 1.54) is 19.4 Å². The topological polar surface area (TPSA) is 29.3 Å². The van der Waals surface area contributed by atoms with E-state index in [1.54, 1.807) is 0 Å². The molecular weight excluding hydrogens is 148 g/mol. The molecule has 2 N–H and O–H groups in total. The number of nitrogens with two attached hydrogens (primary N) is 1. The summed E-state index contributed by atoms with van der Waals surface area (Å²) in [6, 6.07) is 0.326. The summed E-state index contributed by atoms with van der Waals surface area (Å²) >= 11 is 0. The highest BCUT2D eigenvalue weighted by Crippen LogP contribution is 2.00. The lowest BCUT2D eigenvalue weighted by atomic mass is 10.1. The third-order valence-corrected chi connectivity index (χ3v) is 2.27. The zero-order chi connectivity index (χ0) is 9.56. The molecule has 0 unspecified atom stereocenters. The molecule has 1 atom stereocenters. The van der Waals surface area contributed by atoms with Crippen molar-refractivity contribution in [3.8, 4) is 0 Å². The Morgan fingerprint density at radius 3 is 2.33 bits per heavy atom. The normalized spacial score (nSPS) is 14.2. The van der Waals surface area contributed by atoms with Crippen LogP contribution in [-0.4, -0.2) is 31.1 Å². The zero-order valence-electron chi connectivity index (χ0n) is 9.01. The number of nitrogens with zero attached hydrogens (tertiary/aromatic N) is 1. The molecule has 0 radical (unpaired) electrons. The lowest BCUT2D eigenvalue weighted by molar-refractivity contribution is 0.279. The third kappa shape index (κ3) is 5.56. The van der Waals surface area contributed by atoms with Gasteiger partial charge in [-0.1, -0.05) is 27.2 Å². The Morgan fingerprint density at radius 1 is 1.33 bits per heavy atom. The molecule has 0 amide bonds. The minimum Gasteiger partial charge on any atom is -0.326 e. The van der Waals surface area contributed by atoms with Crippen molar-refractivity contribution in [2.24, 2.45) is 11.7 Å². The highest BCUT2D eigenvalue weighted by atomic mass is 15.1. The van der Waals surface area contributed by atoms with E-state index < -0.39 is 0 Å². The van der Waals surface area contributed by atoms with E-state index >= 15 is 0 Å². The lowest BCUT2D eigenvalue weighted by Gasteiger charge is -2.23. The van der Waals surface area contributed by atoms with Gasteiger partial charge < -0.3 is 10.6 Å². The molecule has 74 valence electrons. The van der Waals surface area contributed by atoms with Crippen LogP contribution < -0.4 is 5.73 Å². The molecule has 0 aromatic heterocycles. The second-order valence-corrected chi connectivity index (χ2v) is 4.02. The Hall–Kier alpha value is -0.0800. The molecule has 2 nitrogen and oxygen atoms in total. The number of hydrogen-bond donors (Lipinski definition) is 1. The Morgan fingerprint density at radius 2 is 1.92 bits per heavy atom. The maximum Gasteiger partial charge on any atom is 0.0191 e. The summed E-state index contributed by atoms with van der Waals surface area (Å²) in [5.74, 6) is 0.592. The van der Waals surface area contributed by atoms with Crippen molar-refractivity contribution < 1.29 is 0 Å². The molecule has 0 aromatic carbocycles. The van der Waals surface area contributed by atoms with E-state index in [4.69, 9.17) is 5.73 Å². The quantitative estimate of drug-likeness (QED) is 0.661. The average molecular weight is 172 g/mol. The van der Waals surface area contributed by atoms with Crippen LogP contribution in [0.1, 0.15) is 33.6 Å². The monoisotopic (exact) mass is 172 g/mol. The van der Waals surface area contributed by atoms with Gasteiger partial charge in [-0.15, -0.1) is 0 Å². The fraction of sp³-hybridized carbons (Fsp3) is 1.00.